The van der Waals surface area contributed by atoms with Gasteiger partial charge in [0.25, 0.3) is 5.91 Å². The van der Waals surface area contributed by atoms with Gasteiger partial charge in [-0.1, -0.05) is 38.5 Å². The van der Waals surface area contributed by atoms with Crippen molar-refractivity contribution in [2.75, 3.05) is 11.9 Å². The molecular weight excluding hydrogens is 390 g/mol. The second kappa shape index (κ2) is 9.43. The number of nitrogens with one attached hydrogen (secondary N) is 1. The van der Waals surface area contributed by atoms with Crippen LogP contribution in [0.25, 0.3) is 10.9 Å². The minimum atomic E-state index is -0.784. The number of hydrogen-bond donors (Lipinski definition) is 1. The molecule has 0 fully saturated rings. The Kier molecular flexibility index (Phi) is 6.72. The van der Waals surface area contributed by atoms with Crippen LogP contribution in [0, 0.1) is 11.6 Å². The molecule has 0 aliphatic rings. The van der Waals surface area contributed by atoms with Gasteiger partial charge in [0.1, 0.15) is 11.6 Å². The van der Waals surface area contributed by atoms with E-state index in [4.69, 9.17) is 4.74 Å². The number of ether oxygens (including phenoxy) is 1. The number of amides is 1. The van der Waals surface area contributed by atoms with Crippen molar-refractivity contribution >= 4 is 28.5 Å². The molecule has 0 aliphatic heterocycles. The molecule has 1 heterocycles. The van der Waals surface area contributed by atoms with Crippen LogP contribution in [0.4, 0.5) is 14.5 Å². The predicted molar refractivity (Wildman–Crippen MR) is 110 cm³/mol. The summed E-state index contributed by atoms with van der Waals surface area (Å²) in [6.07, 6.45) is 2.17. The number of fused-ring (bicyclic) bond motifs is 1. The molecule has 0 aliphatic carbocycles. The number of hydrogen-bond acceptors (Lipinski definition) is 4. The van der Waals surface area contributed by atoms with Crippen LogP contribution in [0.15, 0.2) is 42.5 Å². The maximum atomic E-state index is 13.7. The number of nitrogens with zero attached hydrogens (tertiary/aromatic N) is 1. The number of benzene rings is 2. The number of esters is 1. The van der Waals surface area contributed by atoms with Crippen LogP contribution in [0.5, 0.6) is 0 Å². The van der Waals surface area contributed by atoms with E-state index in [9.17, 15) is 18.4 Å². The average molecular weight is 412 g/mol. The van der Waals surface area contributed by atoms with Crippen molar-refractivity contribution < 1.29 is 23.1 Å². The van der Waals surface area contributed by atoms with Crippen LogP contribution in [0.2, 0.25) is 0 Å². The quantitative estimate of drug-likeness (QED) is 0.565. The maximum absolute atomic E-state index is 13.7. The Morgan fingerprint density at radius 3 is 2.60 bits per heavy atom. The molecule has 5 nitrogen and oxygen atoms in total. The Morgan fingerprint density at radius 1 is 1.10 bits per heavy atom. The molecule has 2 aromatic carbocycles. The van der Waals surface area contributed by atoms with Crippen LogP contribution >= 0.6 is 0 Å². The summed E-state index contributed by atoms with van der Waals surface area (Å²) in [4.78, 5) is 29.7. The van der Waals surface area contributed by atoms with E-state index in [1.807, 2.05) is 26.0 Å². The van der Waals surface area contributed by atoms with E-state index in [-0.39, 0.29) is 5.69 Å². The SMILES string of the molecule is CCCc1nc2ccccc2c(C(=O)OCC(=O)Nc2cc(F)ccc2F)c1CC. The first-order valence-electron chi connectivity index (χ1n) is 9.77. The first-order valence-corrected chi connectivity index (χ1v) is 9.77. The number of carbonyl (C=O) groups is 2. The van der Waals surface area contributed by atoms with Gasteiger partial charge in [0.2, 0.25) is 0 Å². The maximum Gasteiger partial charge on any atom is 0.339 e. The molecule has 0 atom stereocenters. The molecule has 1 N–H and O–H groups in total. The molecule has 0 saturated heterocycles. The Labute approximate surface area is 173 Å². The normalized spacial score (nSPS) is 10.8. The van der Waals surface area contributed by atoms with Crippen molar-refractivity contribution in [2.45, 2.75) is 33.1 Å². The zero-order valence-electron chi connectivity index (χ0n) is 16.8. The summed E-state index contributed by atoms with van der Waals surface area (Å²) < 4.78 is 32.2. The van der Waals surface area contributed by atoms with Gasteiger partial charge in [-0.15, -0.1) is 0 Å². The van der Waals surface area contributed by atoms with E-state index in [2.05, 4.69) is 10.3 Å². The third kappa shape index (κ3) is 4.62. The lowest BCUT2D eigenvalue weighted by Gasteiger charge is -2.15. The van der Waals surface area contributed by atoms with Gasteiger partial charge in [-0.05, 0) is 36.6 Å². The summed E-state index contributed by atoms with van der Waals surface area (Å²) in [5.41, 5.74) is 2.37. The summed E-state index contributed by atoms with van der Waals surface area (Å²) in [6, 6.07) is 9.96. The van der Waals surface area contributed by atoms with Gasteiger partial charge in [0, 0.05) is 17.1 Å². The fourth-order valence-electron chi connectivity index (χ4n) is 3.34. The predicted octanol–water partition coefficient (Wildman–Crippen LogP) is 4.82. The number of anilines is 1. The smallest absolute Gasteiger partial charge is 0.339 e. The molecule has 0 saturated carbocycles. The summed E-state index contributed by atoms with van der Waals surface area (Å²) >= 11 is 0. The van der Waals surface area contributed by atoms with Crippen molar-refractivity contribution in [3.8, 4) is 0 Å². The largest absolute Gasteiger partial charge is 0.452 e. The van der Waals surface area contributed by atoms with Crippen LogP contribution in [-0.4, -0.2) is 23.5 Å². The number of para-hydroxylation sites is 1. The number of aromatic nitrogens is 1. The van der Waals surface area contributed by atoms with Crippen LogP contribution in [-0.2, 0) is 22.4 Å². The van der Waals surface area contributed by atoms with Crippen molar-refractivity contribution in [3.05, 3.63) is 70.9 Å². The monoisotopic (exact) mass is 412 g/mol. The number of carbonyl (C=O) groups excluding carboxylic acids is 2. The van der Waals surface area contributed by atoms with Crippen molar-refractivity contribution in [1.29, 1.82) is 0 Å². The van der Waals surface area contributed by atoms with E-state index >= 15 is 0 Å². The van der Waals surface area contributed by atoms with E-state index in [0.717, 1.165) is 35.9 Å². The van der Waals surface area contributed by atoms with Gasteiger partial charge in [-0.2, -0.15) is 0 Å². The second-order valence-corrected chi connectivity index (χ2v) is 6.78. The highest BCUT2D eigenvalue weighted by atomic mass is 19.1. The van der Waals surface area contributed by atoms with Gasteiger partial charge >= 0.3 is 5.97 Å². The zero-order chi connectivity index (χ0) is 21.7. The Morgan fingerprint density at radius 2 is 1.87 bits per heavy atom. The molecule has 7 heteroatoms. The fraction of sp³-hybridized carbons (Fsp3) is 0.261. The Bertz CT molecular complexity index is 1100. The molecule has 3 rings (SSSR count). The van der Waals surface area contributed by atoms with Crippen LogP contribution in [0.1, 0.15) is 41.9 Å². The highest BCUT2D eigenvalue weighted by molar-refractivity contribution is 6.06. The lowest BCUT2D eigenvalue weighted by molar-refractivity contribution is -0.119. The molecule has 0 unspecified atom stereocenters. The van der Waals surface area contributed by atoms with Crippen molar-refractivity contribution in [1.82, 2.24) is 4.98 Å². The van der Waals surface area contributed by atoms with Gasteiger partial charge < -0.3 is 10.1 Å². The first kappa shape index (κ1) is 21.4. The van der Waals surface area contributed by atoms with E-state index in [0.29, 0.717) is 29.3 Å². The Hall–Kier alpha value is -3.35. The molecule has 30 heavy (non-hydrogen) atoms. The third-order valence-corrected chi connectivity index (χ3v) is 4.66. The van der Waals surface area contributed by atoms with E-state index in [1.165, 1.54) is 0 Å². The highest BCUT2D eigenvalue weighted by Crippen LogP contribution is 2.26. The van der Waals surface area contributed by atoms with Gasteiger partial charge in [0.05, 0.1) is 16.8 Å². The summed E-state index contributed by atoms with van der Waals surface area (Å²) in [7, 11) is 0. The number of halogens is 2. The lowest BCUT2D eigenvalue weighted by atomic mass is 9.96. The minimum Gasteiger partial charge on any atom is -0.452 e. The highest BCUT2D eigenvalue weighted by Gasteiger charge is 2.21. The molecule has 3 aromatic rings. The summed E-state index contributed by atoms with van der Waals surface area (Å²) in [5, 5.41) is 2.86. The molecule has 156 valence electrons. The molecular formula is C23H22F2N2O3. The lowest BCUT2D eigenvalue weighted by Crippen LogP contribution is -2.22. The second-order valence-electron chi connectivity index (χ2n) is 6.78. The minimum absolute atomic E-state index is 0.315. The zero-order valence-corrected chi connectivity index (χ0v) is 16.8. The molecule has 0 radical (unpaired) electrons. The Balaban J connectivity index is 1.84. The van der Waals surface area contributed by atoms with Gasteiger partial charge in [0.15, 0.2) is 6.61 Å². The molecule has 1 amide bonds. The standard InChI is InChI=1S/C23H22F2N2O3/c1-3-7-18-15(4-2)22(16-8-5-6-9-19(16)26-18)23(29)30-13-21(28)27-20-12-14(24)10-11-17(20)25/h5-6,8-12H,3-4,7,13H2,1-2H3,(H,27,28). The summed E-state index contributed by atoms with van der Waals surface area (Å²) in [5.74, 6) is -2.90. The molecule has 0 bridgehead atoms. The third-order valence-electron chi connectivity index (χ3n) is 4.66. The van der Waals surface area contributed by atoms with Gasteiger partial charge in [-0.3, -0.25) is 9.78 Å². The fourth-order valence-corrected chi connectivity index (χ4v) is 3.34. The van der Waals surface area contributed by atoms with E-state index < -0.39 is 30.1 Å². The number of rotatable bonds is 7. The number of pyridine rings is 1. The topological polar surface area (TPSA) is 68.3 Å². The van der Waals surface area contributed by atoms with Crippen LogP contribution < -0.4 is 5.32 Å². The first-order chi connectivity index (χ1) is 14.4. The van der Waals surface area contributed by atoms with Crippen molar-refractivity contribution in [2.24, 2.45) is 0 Å². The van der Waals surface area contributed by atoms with E-state index in [1.54, 1.807) is 12.1 Å². The molecule has 1 aromatic heterocycles. The van der Waals surface area contributed by atoms with Gasteiger partial charge in [-0.25, -0.2) is 13.6 Å². The average Bonchev–Trinajstić information content (AvgIpc) is 2.74. The van der Waals surface area contributed by atoms with Crippen LogP contribution in [0.3, 0.4) is 0 Å². The number of aryl methyl sites for hydroxylation is 1. The van der Waals surface area contributed by atoms with Crippen molar-refractivity contribution in [3.63, 3.8) is 0 Å². The summed E-state index contributed by atoms with van der Waals surface area (Å²) in [6.45, 7) is 3.34. The molecule has 0 spiro atoms.